The van der Waals surface area contributed by atoms with E-state index in [2.05, 4.69) is 9.88 Å². The number of esters is 1. The van der Waals surface area contributed by atoms with E-state index >= 15 is 0 Å². The molecule has 2 aromatic rings. The number of carbonyl (C=O) groups is 1. The predicted octanol–water partition coefficient (Wildman–Crippen LogP) is 2.98. The van der Waals surface area contributed by atoms with Crippen LogP contribution in [0, 0.1) is 0 Å². The molecule has 22 heavy (non-hydrogen) atoms. The summed E-state index contributed by atoms with van der Waals surface area (Å²) in [5.74, 6) is 0.524. The Morgan fingerprint density at radius 3 is 3.00 bits per heavy atom. The summed E-state index contributed by atoms with van der Waals surface area (Å²) in [7, 11) is 0. The third kappa shape index (κ3) is 3.22. The minimum atomic E-state index is -0.355. The van der Waals surface area contributed by atoms with Crippen LogP contribution >= 0.6 is 11.3 Å². The van der Waals surface area contributed by atoms with Gasteiger partial charge in [-0.1, -0.05) is 18.2 Å². The summed E-state index contributed by atoms with van der Waals surface area (Å²) in [6, 6.07) is 9.81. The second kappa shape index (κ2) is 6.79. The normalized spacial score (nSPS) is 17.5. The summed E-state index contributed by atoms with van der Waals surface area (Å²) < 4.78 is 11.0. The van der Waals surface area contributed by atoms with Crippen LogP contribution < -0.4 is 9.64 Å². The molecule has 116 valence electrons. The van der Waals surface area contributed by atoms with Crippen LogP contribution in [0.2, 0.25) is 0 Å². The van der Waals surface area contributed by atoms with E-state index in [0.717, 1.165) is 30.3 Å². The molecule has 2 heterocycles. The molecule has 0 aliphatic carbocycles. The number of carbonyl (C=O) groups excluding carboxylic acids is 1. The van der Waals surface area contributed by atoms with E-state index in [0.29, 0.717) is 12.3 Å². The number of para-hydroxylation sites is 1. The van der Waals surface area contributed by atoms with Gasteiger partial charge in [-0.15, -0.1) is 11.3 Å². The van der Waals surface area contributed by atoms with Gasteiger partial charge in [0.05, 0.1) is 18.7 Å². The Kier molecular flexibility index (Phi) is 4.58. The maximum Gasteiger partial charge on any atom is 0.360 e. The van der Waals surface area contributed by atoms with Gasteiger partial charge in [0.15, 0.2) is 5.69 Å². The number of nitrogens with zero attached hydrogens (tertiary/aromatic N) is 2. The third-order valence-corrected chi connectivity index (χ3v) is 4.38. The molecule has 5 nitrogen and oxygen atoms in total. The van der Waals surface area contributed by atoms with Crippen LogP contribution in [0.5, 0.6) is 5.75 Å². The number of benzene rings is 1. The Hall–Kier alpha value is -2.08. The largest absolute Gasteiger partial charge is 0.489 e. The van der Waals surface area contributed by atoms with E-state index in [1.807, 2.05) is 30.3 Å². The third-order valence-electron chi connectivity index (χ3n) is 3.50. The predicted molar refractivity (Wildman–Crippen MR) is 85.8 cm³/mol. The van der Waals surface area contributed by atoms with Crippen LogP contribution in [0.3, 0.4) is 0 Å². The average molecular weight is 318 g/mol. The average Bonchev–Trinajstić information content (AvgIpc) is 3.17. The minimum absolute atomic E-state index is 0.125. The lowest BCUT2D eigenvalue weighted by Gasteiger charge is -2.18. The molecular weight excluding hydrogens is 300 g/mol. The first-order valence-electron chi connectivity index (χ1n) is 7.35. The van der Waals surface area contributed by atoms with E-state index in [9.17, 15) is 4.79 Å². The van der Waals surface area contributed by atoms with Gasteiger partial charge in [-0.3, -0.25) is 0 Å². The van der Waals surface area contributed by atoms with E-state index in [4.69, 9.17) is 9.47 Å². The smallest absolute Gasteiger partial charge is 0.360 e. The Balaban J connectivity index is 1.66. The topological polar surface area (TPSA) is 51.7 Å². The molecule has 1 aromatic carbocycles. The zero-order valence-electron chi connectivity index (χ0n) is 12.4. The molecule has 1 fully saturated rings. The van der Waals surface area contributed by atoms with Crippen LogP contribution in [0.4, 0.5) is 5.00 Å². The lowest BCUT2D eigenvalue weighted by Crippen LogP contribution is -2.25. The first kappa shape index (κ1) is 14.8. The number of anilines is 1. The van der Waals surface area contributed by atoms with Crippen molar-refractivity contribution in [3.05, 3.63) is 41.5 Å². The number of thiazole rings is 1. The van der Waals surface area contributed by atoms with Crippen LogP contribution in [0.1, 0.15) is 23.8 Å². The number of rotatable bonds is 5. The summed E-state index contributed by atoms with van der Waals surface area (Å²) >= 11 is 1.47. The lowest BCUT2D eigenvalue weighted by atomic mass is 10.3. The monoisotopic (exact) mass is 318 g/mol. The minimum Gasteiger partial charge on any atom is -0.489 e. The number of hydrogen-bond donors (Lipinski definition) is 0. The van der Waals surface area contributed by atoms with Crippen molar-refractivity contribution in [2.45, 2.75) is 19.4 Å². The molecule has 0 unspecified atom stereocenters. The molecule has 0 spiro atoms. The molecule has 3 rings (SSSR count). The molecule has 0 radical (unpaired) electrons. The molecule has 1 atom stereocenters. The number of aromatic nitrogens is 1. The van der Waals surface area contributed by atoms with Crippen molar-refractivity contribution in [2.24, 2.45) is 0 Å². The molecule has 0 saturated carbocycles. The van der Waals surface area contributed by atoms with Gasteiger partial charge in [0.2, 0.25) is 0 Å². The zero-order valence-corrected chi connectivity index (χ0v) is 13.2. The summed E-state index contributed by atoms with van der Waals surface area (Å²) in [5, 5.41) is 0.873. The van der Waals surface area contributed by atoms with Gasteiger partial charge in [-0.25, -0.2) is 9.78 Å². The first-order chi connectivity index (χ1) is 10.8. The van der Waals surface area contributed by atoms with Gasteiger partial charge >= 0.3 is 5.97 Å². The summed E-state index contributed by atoms with van der Waals surface area (Å²) in [6.45, 7) is 3.76. The van der Waals surface area contributed by atoms with Crippen molar-refractivity contribution < 1.29 is 14.3 Å². The van der Waals surface area contributed by atoms with Crippen LogP contribution in [0.15, 0.2) is 35.8 Å². The van der Waals surface area contributed by atoms with Gasteiger partial charge in [-0.2, -0.15) is 0 Å². The second-order valence-corrected chi connectivity index (χ2v) is 5.85. The zero-order chi connectivity index (χ0) is 15.4. The summed E-state index contributed by atoms with van der Waals surface area (Å²) in [6.07, 6.45) is 1.05. The fourth-order valence-corrected chi connectivity index (χ4v) is 3.32. The second-order valence-electron chi connectivity index (χ2n) is 5.01. The van der Waals surface area contributed by atoms with Crippen molar-refractivity contribution in [2.75, 3.05) is 24.6 Å². The summed E-state index contributed by atoms with van der Waals surface area (Å²) in [5.41, 5.74) is 2.10. The van der Waals surface area contributed by atoms with Gasteiger partial charge in [0.1, 0.15) is 16.9 Å². The molecule has 1 aliphatic rings. The maximum absolute atomic E-state index is 11.9. The van der Waals surface area contributed by atoms with Gasteiger partial charge in [0, 0.05) is 13.0 Å². The van der Waals surface area contributed by atoms with Gasteiger partial charge < -0.3 is 14.4 Å². The van der Waals surface area contributed by atoms with Crippen molar-refractivity contribution >= 4 is 22.3 Å². The molecule has 1 saturated heterocycles. The van der Waals surface area contributed by atoms with Crippen molar-refractivity contribution in [3.8, 4) is 5.75 Å². The highest BCUT2D eigenvalue weighted by molar-refractivity contribution is 7.14. The van der Waals surface area contributed by atoms with Crippen LogP contribution in [-0.4, -0.2) is 36.8 Å². The standard InChI is InChI=1S/C16H18N2O3S/c1-2-20-16(19)14-15(22-11-17-14)18-9-8-13(10-18)21-12-6-4-3-5-7-12/h3-7,11,13H,2,8-10H2,1H3/t13-/m1/s1. The first-order valence-corrected chi connectivity index (χ1v) is 8.23. The van der Waals surface area contributed by atoms with E-state index in [1.165, 1.54) is 11.3 Å². The van der Waals surface area contributed by atoms with E-state index in [-0.39, 0.29) is 12.1 Å². The van der Waals surface area contributed by atoms with Crippen molar-refractivity contribution in [3.63, 3.8) is 0 Å². The van der Waals surface area contributed by atoms with Gasteiger partial charge in [-0.05, 0) is 19.1 Å². The fraction of sp³-hybridized carbons (Fsp3) is 0.375. The maximum atomic E-state index is 11.9. The molecule has 0 N–H and O–H groups in total. The Morgan fingerprint density at radius 1 is 1.41 bits per heavy atom. The van der Waals surface area contributed by atoms with E-state index in [1.54, 1.807) is 12.4 Å². The van der Waals surface area contributed by atoms with Crippen molar-refractivity contribution in [1.82, 2.24) is 4.98 Å². The molecule has 0 bridgehead atoms. The highest BCUT2D eigenvalue weighted by Crippen LogP contribution is 2.30. The molecule has 6 heteroatoms. The Labute approximate surface area is 133 Å². The van der Waals surface area contributed by atoms with E-state index < -0.39 is 0 Å². The quantitative estimate of drug-likeness (QED) is 0.793. The highest BCUT2D eigenvalue weighted by atomic mass is 32.1. The van der Waals surface area contributed by atoms with Crippen LogP contribution in [-0.2, 0) is 4.74 Å². The van der Waals surface area contributed by atoms with Crippen LogP contribution in [0.25, 0.3) is 0 Å². The number of ether oxygens (including phenoxy) is 2. The molecule has 0 amide bonds. The SMILES string of the molecule is CCOC(=O)c1ncsc1N1CC[C@@H](Oc2ccccc2)C1. The molecular formula is C16H18N2O3S. The fourth-order valence-electron chi connectivity index (χ4n) is 2.50. The van der Waals surface area contributed by atoms with Crippen molar-refractivity contribution in [1.29, 1.82) is 0 Å². The highest BCUT2D eigenvalue weighted by Gasteiger charge is 2.29. The van der Waals surface area contributed by atoms with Gasteiger partial charge in [0.25, 0.3) is 0 Å². The lowest BCUT2D eigenvalue weighted by molar-refractivity contribution is 0.0521. The molecule has 1 aromatic heterocycles. The number of hydrogen-bond acceptors (Lipinski definition) is 6. The summed E-state index contributed by atoms with van der Waals surface area (Å²) in [4.78, 5) is 18.2. The Morgan fingerprint density at radius 2 is 2.23 bits per heavy atom. The Bertz CT molecular complexity index is 629. The molecule has 1 aliphatic heterocycles.